The molecule has 5 nitrogen and oxygen atoms in total. The highest BCUT2D eigenvalue weighted by atomic mass is 32.1. The van der Waals surface area contributed by atoms with Gasteiger partial charge >= 0.3 is 0 Å². The standard InChI is InChI=1S/C30H56O5S2/c1-3-5-7-9-11-13-15-17-19-21-27(36)34-29-25(32)24-33-26(23-31)30(29)35-28(37)22-20-18-16-14-12-10-8-6-4-2/h25-26,29-32H,3-24H2,1-2H3/t25-,26+,29+,30+/m0/s1. The molecule has 0 bridgehead atoms. The van der Waals surface area contributed by atoms with E-state index in [0.29, 0.717) is 22.9 Å². The van der Waals surface area contributed by atoms with Gasteiger partial charge in [-0.25, -0.2) is 0 Å². The number of hydrogen-bond acceptors (Lipinski definition) is 7. The van der Waals surface area contributed by atoms with Gasteiger partial charge in [-0.2, -0.15) is 0 Å². The average Bonchev–Trinajstić information content (AvgIpc) is 2.89. The number of rotatable bonds is 23. The molecule has 218 valence electrons. The zero-order valence-corrected chi connectivity index (χ0v) is 25.4. The Labute approximate surface area is 238 Å². The van der Waals surface area contributed by atoms with Crippen LogP contribution in [-0.2, 0) is 14.2 Å². The molecule has 0 amide bonds. The Morgan fingerprint density at radius 2 is 1.03 bits per heavy atom. The molecule has 37 heavy (non-hydrogen) atoms. The average molecular weight is 561 g/mol. The summed E-state index contributed by atoms with van der Waals surface area (Å²) in [7, 11) is 0. The topological polar surface area (TPSA) is 68.2 Å². The maximum Gasteiger partial charge on any atom is 0.167 e. The molecule has 1 rings (SSSR count). The van der Waals surface area contributed by atoms with Crippen molar-refractivity contribution in [3.05, 3.63) is 0 Å². The second kappa shape index (κ2) is 23.5. The smallest absolute Gasteiger partial charge is 0.167 e. The molecule has 4 atom stereocenters. The lowest BCUT2D eigenvalue weighted by atomic mass is 9.99. The summed E-state index contributed by atoms with van der Waals surface area (Å²) in [4.78, 5) is 0. The van der Waals surface area contributed by atoms with E-state index in [1.54, 1.807) is 0 Å². The summed E-state index contributed by atoms with van der Waals surface area (Å²) < 4.78 is 17.7. The fourth-order valence-corrected chi connectivity index (χ4v) is 5.38. The van der Waals surface area contributed by atoms with Crippen molar-refractivity contribution >= 4 is 34.5 Å². The van der Waals surface area contributed by atoms with Crippen LogP contribution in [0.1, 0.15) is 142 Å². The number of unbranched alkanes of at least 4 members (excludes halogenated alkanes) is 16. The van der Waals surface area contributed by atoms with E-state index in [2.05, 4.69) is 13.8 Å². The first-order chi connectivity index (χ1) is 18.0. The second-order valence-electron chi connectivity index (χ2n) is 10.7. The van der Waals surface area contributed by atoms with Gasteiger partial charge in [-0.3, -0.25) is 0 Å². The summed E-state index contributed by atoms with van der Waals surface area (Å²) in [5.41, 5.74) is 0. The minimum Gasteiger partial charge on any atom is -0.477 e. The van der Waals surface area contributed by atoms with Crippen LogP contribution in [0.5, 0.6) is 0 Å². The summed E-state index contributed by atoms with van der Waals surface area (Å²) in [6.07, 6.45) is 21.1. The van der Waals surface area contributed by atoms with Gasteiger partial charge in [-0.15, -0.1) is 0 Å². The predicted octanol–water partition coefficient (Wildman–Crippen LogP) is 8.01. The van der Waals surface area contributed by atoms with Gasteiger partial charge in [-0.1, -0.05) is 117 Å². The van der Waals surface area contributed by atoms with E-state index < -0.39 is 24.4 Å². The van der Waals surface area contributed by atoms with Crippen molar-refractivity contribution in [2.45, 2.75) is 167 Å². The minimum absolute atomic E-state index is 0.0847. The highest BCUT2D eigenvalue weighted by Crippen LogP contribution is 2.24. The SMILES string of the molecule is CCCCCCCCCCCC(=S)O[C@H]1[C@H](OC(=S)CCCCCCCCCCC)[C@@H](CO)OC[C@@H]1O. The molecular formula is C30H56O5S2. The zero-order valence-electron chi connectivity index (χ0n) is 23.8. The van der Waals surface area contributed by atoms with Crippen LogP contribution in [-0.4, -0.2) is 57.9 Å². The van der Waals surface area contributed by atoms with Crippen molar-refractivity contribution in [3.63, 3.8) is 0 Å². The fraction of sp³-hybridized carbons (Fsp3) is 0.933. The Morgan fingerprint density at radius 1 is 0.649 bits per heavy atom. The van der Waals surface area contributed by atoms with Crippen LogP contribution in [0.2, 0.25) is 0 Å². The van der Waals surface area contributed by atoms with Gasteiger partial charge in [-0.05, 0) is 37.3 Å². The molecular weight excluding hydrogens is 504 g/mol. The molecule has 0 aromatic heterocycles. The molecule has 0 aliphatic carbocycles. The molecule has 0 radical (unpaired) electrons. The summed E-state index contributed by atoms with van der Waals surface area (Å²) in [6, 6.07) is 0. The minimum atomic E-state index is -0.871. The van der Waals surface area contributed by atoms with E-state index in [1.165, 1.54) is 89.9 Å². The van der Waals surface area contributed by atoms with E-state index in [9.17, 15) is 10.2 Å². The van der Waals surface area contributed by atoms with Crippen molar-refractivity contribution in [2.24, 2.45) is 0 Å². The lowest BCUT2D eigenvalue weighted by molar-refractivity contribution is -0.185. The van der Waals surface area contributed by atoms with Crippen LogP contribution >= 0.6 is 24.4 Å². The van der Waals surface area contributed by atoms with E-state index in [1.807, 2.05) is 0 Å². The third-order valence-electron chi connectivity index (χ3n) is 7.23. The van der Waals surface area contributed by atoms with Crippen molar-refractivity contribution < 1.29 is 24.4 Å². The molecule has 7 heteroatoms. The Morgan fingerprint density at radius 3 is 1.43 bits per heavy atom. The first kappa shape index (κ1) is 34.7. The van der Waals surface area contributed by atoms with Gasteiger partial charge in [0.2, 0.25) is 0 Å². The molecule has 2 N–H and O–H groups in total. The third-order valence-corrected chi connectivity index (χ3v) is 7.84. The van der Waals surface area contributed by atoms with E-state index in [4.69, 9.17) is 38.6 Å². The molecule has 1 aliphatic heterocycles. The Bertz CT molecular complexity index is 574. The molecule has 0 unspecified atom stereocenters. The first-order valence-corrected chi connectivity index (χ1v) is 16.1. The van der Waals surface area contributed by atoms with Crippen molar-refractivity contribution in [2.75, 3.05) is 13.2 Å². The normalized spacial score (nSPS) is 21.6. The van der Waals surface area contributed by atoms with Crippen LogP contribution in [0.4, 0.5) is 0 Å². The number of thiocarbonyl (C=S) groups is 2. The van der Waals surface area contributed by atoms with Crippen LogP contribution in [0.25, 0.3) is 0 Å². The maximum atomic E-state index is 10.6. The number of hydrogen-bond donors (Lipinski definition) is 2. The maximum absolute atomic E-state index is 10.6. The quantitative estimate of drug-likeness (QED) is 0.0969. The van der Waals surface area contributed by atoms with Crippen molar-refractivity contribution in [1.29, 1.82) is 0 Å². The molecule has 0 aromatic rings. The van der Waals surface area contributed by atoms with Gasteiger partial charge < -0.3 is 24.4 Å². The third kappa shape index (κ3) is 17.1. The molecule has 0 aromatic carbocycles. The van der Waals surface area contributed by atoms with E-state index in [-0.39, 0.29) is 13.2 Å². The van der Waals surface area contributed by atoms with Gasteiger partial charge in [0.15, 0.2) is 22.3 Å². The number of aliphatic hydroxyl groups is 2. The predicted molar refractivity (Wildman–Crippen MR) is 161 cm³/mol. The monoisotopic (exact) mass is 560 g/mol. The summed E-state index contributed by atoms with van der Waals surface area (Å²) >= 11 is 11.0. The van der Waals surface area contributed by atoms with Crippen LogP contribution in [0.3, 0.4) is 0 Å². The lowest BCUT2D eigenvalue weighted by Crippen LogP contribution is -2.57. The largest absolute Gasteiger partial charge is 0.477 e. The number of ether oxygens (including phenoxy) is 3. The van der Waals surface area contributed by atoms with Gasteiger partial charge in [0.25, 0.3) is 0 Å². The van der Waals surface area contributed by atoms with Crippen LogP contribution < -0.4 is 0 Å². The highest BCUT2D eigenvalue weighted by Gasteiger charge is 2.43. The van der Waals surface area contributed by atoms with Crippen LogP contribution in [0, 0.1) is 0 Å². The van der Waals surface area contributed by atoms with Crippen molar-refractivity contribution in [3.8, 4) is 0 Å². The van der Waals surface area contributed by atoms with Gasteiger partial charge in [0, 0.05) is 12.8 Å². The van der Waals surface area contributed by atoms with Crippen molar-refractivity contribution in [1.82, 2.24) is 0 Å². The summed E-state index contributed by atoms with van der Waals surface area (Å²) in [5, 5.41) is 21.4. The molecule has 1 heterocycles. The number of aliphatic hydroxyl groups excluding tert-OH is 2. The zero-order chi connectivity index (χ0) is 27.1. The van der Waals surface area contributed by atoms with E-state index >= 15 is 0 Å². The Balaban J connectivity index is 2.33. The van der Waals surface area contributed by atoms with Gasteiger partial charge in [0.1, 0.15) is 12.2 Å². The first-order valence-electron chi connectivity index (χ1n) is 15.3. The summed E-state index contributed by atoms with van der Waals surface area (Å²) in [5.74, 6) is 0. The van der Waals surface area contributed by atoms with E-state index in [0.717, 1.165) is 25.7 Å². The Kier molecular flexibility index (Phi) is 22.1. The lowest BCUT2D eigenvalue weighted by Gasteiger charge is -2.40. The molecule has 1 aliphatic rings. The molecule has 1 fully saturated rings. The molecule has 0 spiro atoms. The molecule has 0 saturated carbocycles. The summed E-state index contributed by atoms with van der Waals surface area (Å²) in [6.45, 7) is 4.36. The highest BCUT2D eigenvalue weighted by molar-refractivity contribution is 7.80. The Hall–Kier alpha value is -0.340. The fourth-order valence-electron chi connectivity index (χ4n) is 4.87. The molecule has 1 saturated heterocycles. The van der Waals surface area contributed by atoms with Crippen LogP contribution in [0.15, 0.2) is 0 Å². The van der Waals surface area contributed by atoms with Gasteiger partial charge in [0.05, 0.1) is 13.2 Å². The second-order valence-corrected chi connectivity index (χ2v) is 11.6.